The molecule has 2 aromatic carbocycles. The van der Waals surface area contributed by atoms with Crippen LogP contribution in [0.4, 0.5) is 0 Å². The first-order valence-electron chi connectivity index (χ1n) is 8.80. The van der Waals surface area contributed by atoms with E-state index in [1.165, 1.54) is 10.6 Å². The zero-order valence-electron chi connectivity index (χ0n) is 15.8. The van der Waals surface area contributed by atoms with Gasteiger partial charge in [0.15, 0.2) is 0 Å². The van der Waals surface area contributed by atoms with Gasteiger partial charge in [0.05, 0.1) is 17.7 Å². The minimum absolute atomic E-state index is 0.112. The minimum atomic E-state index is -3.73. The molecule has 28 heavy (non-hydrogen) atoms. The van der Waals surface area contributed by atoms with Crippen molar-refractivity contribution in [2.75, 3.05) is 7.05 Å². The highest BCUT2D eigenvalue weighted by Crippen LogP contribution is 2.22. The monoisotopic (exact) mass is 398 g/mol. The van der Waals surface area contributed by atoms with Gasteiger partial charge in [-0.25, -0.2) is 8.42 Å². The first-order chi connectivity index (χ1) is 13.4. The fraction of sp³-hybridized carbons (Fsp3) is 0.190. The normalized spacial score (nSPS) is 11.5. The molecule has 1 aromatic heterocycles. The Labute approximate surface area is 164 Å². The Balaban J connectivity index is 1.90. The molecule has 3 aromatic rings. The largest absolute Gasteiger partial charge is 0.468 e. The molecule has 7 heteroatoms. The van der Waals surface area contributed by atoms with Gasteiger partial charge in [0.1, 0.15) is 5.76 Å². The number of rotatable bonds is 7. The molecule has 0 aliphatic rings. The van der Waals surface area contributed by atoms with Crippen molar-refractivity contribution in [3.63, 3.8) is 0 Å². The van der Waals surface area contributed by atoms with Crippen molar-refractivity contribution in [3.8, 4) is 0 Å². The Kier molecular flexibility index (Phi) is 5.96. The van der Waals surface area contributed by atoms with Crippen molar-refractivity contribution in [2.45, 2.75) is 24.9 Å². The standard InChI is InChI=1S/C21H22N2O4S/c1-16-5-11-20(12-6-16)28(25,26)23(15-19-4-3-13-27-19)14-17-7-9-18(10-8-17)21(24)22-2/h3-13H,14-15H2,1-2H3,(H,22,24). The van der Waals surface area contributed by atoms with Gasteiger partial charge in [-0.05, 0) is 48.9 Å². The summed E-state index contributed by atoms with van der Waals surface area (Å²) in [7, 11) is -2.16. The van der Waals surface area contributed by atoms with Crippen LogP contribution in [0.3, 0.4) is 0 Å². The number of sulfonamides is 1. The molecule has 1 amide bonds. The molecule has 0 aliphatic heterocycles. The van der Waals surface area contributed by atoms with Gasteiger partial charge in [-0.1, -0.05) is 29.8 Å². The molecule has 1 N–H and O–H groups in total. The van der Waals surface area contributed by atoms with Gasteiger partial charge in [-0.3, -0.25) is 4.79 Å². The van der Waals surface area contributed by atoms with E-state index < -0.39 is 10.0 Å². The van der Waals surface area contributed by atoms with Gasteiger partial charge < -0.3 is 9.73 Å². The van der Waals surface area contributed by atoms with Gasteiger partial charge in [0.25, 0.3) is 5.91 Å². The third-order valence-electron chi connectivity index (χ3n) is 4.37. The smallest absolute Gasteiger partial charge is 0.251 e. The van der Waals surface area contributed by atoms with Crippen molar-refractivity contribution in [3.05, 3.63) is 89.4 Å². The number of nitrogens with one attached hydrogen (secondary N) is 1. The summed E-state index contributed by atoms with van der Waals surface area (Å²) in [4.78, 5) is 11.9. The fourth-order valence-corrected chi connectivity index (χ4v) is 4.17. The molecule has 146 valence electrons. The first-order valence-corrected chi connectivity index (χ1v) is 10.2. The number of hydrogen-bond donors (Lipinski definition) is 1. The van der Waals surface area contributed by atoms with E-state index in [2.05, 4.69) is 5.32 Å². The van der Waals surface area contributed by atoms with Crippen LogP contribution in [0, 0.1) is 6.92 Å². The van der Waals surface area contributed by atoms with Gasteiger partial charge in [0, 0.05) is 19.2 Å². The average molecular weight is 398 g/mol. The summed E-state index contributed by atoms with van der Waals surface area (Å²) < 4.78 is 33.2. The van der Waals surface area contributed by atoms with Crippen LogP contribution in [-0.2, 0) is 23.1 Å². The van der Waals surface area contributed by atoms with Crippen LogP contribution in [0.1, 0.15) is 27.2 Å². The molecule has 0 atom stereocenters. The summed E-state index contributed by atoms with van der Waals surface area (Å²) in [5.74, 6) is 0.365. The lowest BCUT2D eigenvalue weighted by Crippen LogP contribution is -2.30. The summed E-state index contributed by atoms with van der Waals surface area (Å²) in [5.41, 5.74) is 2.28. The molecular formula is C21H22N2O4S. The van der Waals surface area contributed by atoms with Gasteiger partial charge in [-0.15, -0.1) is 0 Å². The van der Waals surface area contributed by atoms with E-state index in [0.29, 0.717) is 11.3 Å². The molecule has 0 bridgehead atoms. The molecule has 6 nitrogen and oxygen atoms in total. The van der Waals surface area contributed by atoms with Crippen molar-refractivity contribution in [1.82, 2.24) is 9.62 Å². The van der Waals surface area contributed by atoms with E-state index in [0.717, 1.165) is 11.1 Å². The summed E-state index contributed by atoms with van der Waals surface area (Å²) in [6, 6.07) is 17.1. The second-order valence-electron chi connectivity index (χ2n) is 6.44. The maximum Gasteiger partial charge on any atom is 0.251 e. The van der Waals surface area contributed by atoms with E-state index in [4.69, 9.17) is 4.42 Å². The van der Waals surface area contributed by atoms with Crippen molar-refractivity contribution in [2.24, 2.45) is 0 Å². The lowest BCUT2D eigenvalue weighted by atomic mass is 10.1. The molecule has 0 fully saturated rings. The highest BCUT2D eigenvalue weighted by molar-refractivity contribution is 7.89. The lowest BCUT2D eigenvalue weighted by molar-refractivity contribution is 0.0963. The summed E-state index contributed by atoms with van der Waals surface area (Å²) in [5, 5.41) is 2.56. The molecule has 3 rings (SSSR count). The first kappa shape index (κ1) is 19.9. The zero-order valence-corrected chi connectivity index (χ0v) is 16.6. The average Bonchev–Trinajstić information content (AvgIpc) is 3.21. The van der Waals surface area contributed by atoms with Crippen LogP contribution < -0.4 is 5.32 Å². The van der Waals surface area contributed by atoms with Crippen molar-refractivity contribution in [1.29, 1.82) is 0 Å². The van der Waals surface area contributed by atoms with Crippen molar-refractivity contribution < 1.29 is 17.6 Å². The second kappa shape index (κ2) is 8.41. The van der Waals surface area contributed by atoms with Gasteiger partial charge >= 0.3 is 0 Å². The quantitative estimate of drug-likeness (QED) is 0.662. The topological polar surface area (TPSA) is 79.6 Å². The number of carbonyl (C=O) groups excluding carboxylic acids is 1. The number of furan rings is 1. The van der Waals surface area contributed by atoms with Gasteiger partial charge in [0.2, 0.25) is 10.0 Å². The Bertz CT molecular complexity index is 1030. The molecule has 0 aliphatic carbocycles. The Morgan fingerprint density at radius 1 is 1.00 bits per heavy atom. The maximum absolute atomic E-state index is 13.2. The third-order valence-corrected chi connectivity index (χ3v) is 6.18. The lowest BCUT2D eigenvalue weighted by Gasteiger charge is -2.21. The Morgan fingerprint density at radius 3 is 2.25 bits per heavy atom. The van der Waals surface area contributed by atoms with E-state index in [1.807, 2.05) is 6.92 Å². The predicted molar refractivity (Wildman–Crippen MR) is 106 cm³/mol. The van der Waals surface area contributed by atoms with Crippen LogP contribution in [0.5, 0.6) is 0 Å². The van der Waals surface area contributed by atoms with E-state index in [1.54, 1.807) is 67.7 Å². The summed E-state index contributed by atoms with van der Waals surface area (Å²) in [6.45, 7) is 2.18. The molecule has 0 spiro atoms. The van der Waals surface area contributed by atoms with E-state index >= 15 is 0 Å². The third kappa shape index (κ3) is 4.49. The highest BCUT2D eigenvalue weighted by Gasteiger charge is 2.25. The molecule has 1 heterocycles. The van der Waals surface area contributed by atoms with Crippen LogP contribution >= 0.6 is 0 Å². The molecule has 0 saturated heterocycles. The van der Waals surface area contributed by atoms with Crippen molar-refractivity contribution >= 4 is 15.9 Å². The Morgan fingerprint density at radius 2 is 1.68 bits per heavy atom. The van der Waals surface area contributed by atoms with Gasteiger partial charge in [-0.2, -0.15) is 4.31 Å². The summed E-state index contributed by atoms with van der Waals surface area (Å²) in [6.07, 6.45) is 1.52. The number of aryl methyl sites for hydroxylation is 1. The number of nitrogens with zero attached hydrogens (tertiary/aromatic N) is 1. The highest BCUT2D eigenvalue weighted by atomic mass is 32.2. The Hall–Kier alpha value is -2.90. The number of benzene rings is 2. The molecular weight excluding hydrogens is 376 g/mol. The molecule has 0 unspecified atom stereocenters. The summed E-state index contributed by atoms with van der Waals surface area (Å²) >= 11 is 0. The molecule has 0 radical (unpaired) electrons. The minimum Gasteiger partial charge on any atom is -0.468 e. The van der Waals surface area contributed by atoms with E-state index in [-0.39, 0.29) is 23.9 Å². The fourth-order valence-electron chi connectivity index (χ4n) is 2.77. The van der Waals surface area contributed by atoms with E-state index in [9.17, 15) is 13.2 Å². The van der Waals surface area contributed by atoms with Crippen LogP contribution in [0.2, 0.25) is 0 Å². The maximum atomic E-state index is 13.2. The number of amides is 1. The molecule has 0 saturated carbocycles. The zero-order chi connectivity index (χ0) is 20.1. The van der Waals surface area contributed by atoms with Crippen LogP contribution in [0.25, 0.3) is 0 Å². The predicted octanol–water partition coefficient (Wildman–Crippen LogP) is 3.34. The van der Waals surface area contributed by atoms with Crippen LogP contribution in [0.15, 0.2) is 76.2 Å². The number of carbonyl (C=O) groups is 1. The second-order valence-corrected chi connectivity index (χ2v) is 8.38. The van der Waals surface area contributed by atoms with Crippen LogP contribution in [-0.4, -0.2) is 25.7 Å². The SMILES string of the molecule is CNC(=O)c1ccc(CN(Cc2ccco2)S(=O)(=O)c2ccc(C)cc2)cc1. The number of hydrogen-bond acceptors (Lipinski definition) is 4.